The quantitative estimate of drug-likeness (QED) is 0.890. The second-order valence-electron chi connectivity index (χ2n) is 5.65. The molecule has 1 aliphatic heterocycles. The van der Waals surface area contributed by atoms with Crippen molar-refractivity contribution in [2.45, 2.75) is 20.4 Å². The number of hydrogen-bond acceptors (Lipinski definition) is 2. The Kier molecular flexibility index (Phi) is 3.33. The number of hydrogen-bond donors (Lipinski definition) is 1. The third-order valence-corrected chi connectivity index (χ3v) is 4.49. The zero-order valence-corrected chi connectivity index (χ0v) is 12.2. The SMILES string of the molecule is Cc1c(C)n(C)c2cc(CN3CCNCC3)ccc12. The van der Waals surface area contributed by atoms with Gasteiger partial charge in [0, 0.05) is 56.4 Å². The van der Waals surface area contributed by atoms with E-state index >= 15 is 0 Å². The Hall–Kier alpha value is -1.32. The monoisotopic (exact) mass is 257 g/mol. The average Bonchev–Trinajstić information content (AvgIpc) is 2.65. The van der Waals surface area contributed by atoms with Crippen molar-refractivity contribution in [1.29, 1.82) is 0 Å². The van der Waals surface area contributed by atoms with Crippen molar-refractivity contribution in [3.05, 3.63) is 35.0 Å². The molecule has 1 aromatic heterocycles. The van der Waals surface area contributed by atoms with Crippen LogP contribution in [0, 0.1) is 13.8 Å². The molecular weight excluding hydrogens is 234 g/mol. The molecule has 2 heterocycles. The van der Waals surface area contributed by atoms with E-state index in [0.717, 1.165) is 32.7 Å². The van der Waals surface area contributed by atoms with Gasteiger partial charge in [0.1, 0.15) is 0 Å². The predicted octanol–water partition coefficient (Wildman–Crippen LogP) is 2.20. The lowest BCUT2D eigenvalue weighted by Gasteiger charge is -2.27. The fourth-order valence-electron chi connectivity index (χ4n) is 3.02. The number of aromatic nitrogens is 1. The van der Waals surface area contributed by atoms with E-state index in [9.17, 15) is 0 Å². The standard InChI is InChI=1S/C16H23N3/c1-12-13(2)18(3)16-10-14(4-5-15(12)16)11-19-8-6-17-7-9-19/h4-5,10,17H,6-9,11H2,1-3H3. The Morgan fingerprint density at radius 1 is 1.16 bits per heavy atom. The maximum atomic E-state index is 3.40. The molecular formula is C16H23N3. The molecule has 0 bridgehead atoms. The summed E-state index contributed by atoms with van der Waals surface area (Å²) in [5.74, 6) is 0. The molecule has 0 atom stereocenters. The molecule has 1 aliphatic rings. The Morgan fingerprint density at radius 3 is 2.63 bits per heavy atom. The average molecular weight is 257 g/mol. The lowest BCUT2D eigenvalue weighted by Crippen LogP contribution is -2.42. The van der Waals surface area contributed by atoms with Crippen molar-refractivity contribution in [1.82, 2.24) is 14.8 Å². The van der Waals surface area contributed by atoms with E-state index in [0.29, 0.717) is 0 Å². The minimum atomic E-state index is 1.07. The van der Waals surface area contributed by atoms with Crippen LogP contribution in [0.3, 0.4) is 0 Å². The van der Waals surface area contributed by atoms with Gasteiger partial charge in [-0.3, -0.25) is 4.90 Å². The van der Waals surface area contributed by atoms with Crippen molar-refractivity contribution in [2.24, 2.45) is 7.05 Å². The van der Waals surface area contributed by atoms with E-state index in [1.165, 1.54) is 27.7 Å². The molecule has 0 unspecified atom stereocenters. The van der Waals surface area contributed by atoms with Crippen molar-refractivity contribution >= 4 is 10.9 Å². The molecule has 2 aromatic rings. The minimum absolute atomic E-state index is 1.07. The van der Waals surface area contributed by atoms with Gasteiger partial charge in [-0.05, 0) is 31.0 Å². The largest absolute Gasteiger partial charge is 0.348 e. The van der Waals surface area contributed by atoms with Crippen LogP contribution in [-0.4, -0.2) is 35.6 Å². The summed E-state index contributed by atoms with van der Waals surface area (Å²) in [5.41, 5.74) is 5.57. The first-order chi connectivity index (χ1) is 9.16. The highest BCUT2D eigenvalue weighted by Crippen LogP contribution is 2.25. The van der Waals surface area contributed by atoms with Crippen LogP contribution in [-0.2, 0) is 13.6 Å². The van der Waals surface area contributed by atoms with Crippen LogP contribution in [0.4, 0.5) is 0 Å². The highest BCUT2D eigenvalue weighted by Gasteiger charge is 2.12. The first kappa shape index (κ1) is 12.7. The van der Waals surface area contributed by atoms with E-state index < -0.39 is 0 Å². The highest BCUT2D eigenvalue weighted by molar-refractivity contribution is 5.85. The molecule has 1 saturated heterocycles. The van der Waals surface area contributed by atoms with Gasteiger partial charge in [-0.1, -0.05) is 12.1 Å². The molecule has 1 N–H and O–H groups in total. The molecule has 3 heteroatoms. The van der Waals surface area contributed by atoms with Crippen LogP contribution in [0.15, 0.2) is 18.2 Å². The number of nitrogens with one attached hydrogen (secondary N) is 1. The van der Waals surface area contributed by atoms with Gasteiger partial charge >= 0.3 is 0 Å². The van der Waals surface area contributed by atoms with Crippen LogP contribution < -0.4 is 5.32 Å². The first-order valence-corrected chi connectivity index (χ1v) is 7.14. The van der Waals surface area contributed by atoms with E-state index in [4.69, 9.17) is 0 Å². The van der Waals surface area contributed by atoms with Crippen LogP contribution in [0.25, 0.3) is 10.9 Å². The number of fused-ring (bicyclic) bond motifs is 1. The second-order valence-corrected chi connectivity index (χ2v) is 5.65. The molecule has 0 aliphatic carbocycles. The van der Waals surface area contributed by atoms with Gasteiger partial charge in [0.2, 0.25) is 0 Å². The summed E-state index contributed by atoms with van der Waals surface area (Å²) < 4.78 is 2.31. The van der Waals surface area contributed by atoms with Gasteiger partial charge in [0.15, 0.2) is 0 Å². The molecule has 3 nitrogen and oxygen atoms in total. The normalized spacial score (nSPS) is 17.2. The molecule has 102 valence electrons. The van der Waals surface area contributed by atoms with Crippen LogP contribution in [0.2, 0.25) is 0 Å². The summed E-state index contributed by atoms with van der Waals surface area (Å²) in [6.07, 6.45) is 0. The summed E-state index contributed by atoms with van der Waals surface area (Å²) in [6, 6.07) is 6.93. The fourth-order valence-corrected chi connectivity index (χ4v) is 3.02. The molecule has 19 heavy (non-hydrogen) atoms. The third kappa shape index (κ3) is 2.28. The van der Waals surface area contributed by atoms with Gasteiger partial charge in [0.05, 0.1) is 0 Å². The third-order valence-electron chi connectivity index (χ3n) is 4.49. The highest BCUT2D eigenvalue weighted by atomic mass is 15.2. The van der Waals surface area contributed by atoms with Gasteiger partial charge in [-0.2, -0.15) is 0 Å². The zero-order valence-electron chi connectivity index (χ0n) is 12.2. The summed E-state index contributed by atoms with van der Waals surface area (Å²) in [5, 5.41) is 4.80. The van der Waals surface area contributed by atoms with E-state index in [1.54, 1.807) is 0 Å². The number of piperazine rings is 1. The maximum absolute atomic E-state index is 3.40. The van der Waals surface area contributed by atoms with E-state index in [1.807, 2.05) is 0 Å². The number of benzene rings is 1. The van der Waals surface area contributed by atoms with Gasteiger partial charge in [-0.25, -0.2) is 0 Å². The lowest BCUT2D eigenvalue weighted by atomic mass is 10.1. The predicted molar refractivity (Wildman–Crippen MR) is 80.5 cm³/mol. The summed E-state index contributed by atoms with van der Waals surface area (Å²) in [7, 11) is 2.17. The molecule has 1 fully saturated rings. The van der Waals surface area contributed by atoms with Crippen LogP contribution in [0.1, 0.15) is 16.8 Å². The number of rotatable bonds is 2. The smallest absolute Gasteiger partial charge is 0.0485 e. The van der Waals surface area contributed by atoms with Crippen molar-refractivity contribution in [3.8, 4) is 0 Å². The molecule has 1 aromatic carbocycles. The molecule has 0 spiro atoms. The Balaban J connectivity index is 1.90. The Bertz CT molecular complexity index is 592. The maximum Gasteiger partial charge on any atom is 0.0485 e. The van der Waals surface area contributed by atoms with Crippen molar-refractivity contribution < 1.29 is 0 Å². The Morgan fingerprint density at radius 2 is 1.89 bits per heavy atom. The Labute approximate surface area is 115 Å². The van der Waals surface area contributed by atoms with Gasteiger partial charge < -0.3 is 9.88 Å². The molecule has 0 radical (unpaired) electrons. The summed E-state index contributed by atoms with van der Waals surface area (Å²) in [6.45, 7) is 10.0. The second kappa shape index (κ2) is 4.99. The number of nitrogens with zero attached hydrogens (tertiary/aromatic N) is 2. The van der Waals surface area contributed by atoms with E-state index in [2.05, 4.69) is 53.9 Å². The van der Waals surface area contributed by atoms with Crippen LogP contribution in [0.5, 0.6) is 0 Å². The van der Waals surface area contributed by atoms with Crippen molar-refractivity contribution in [2.75, 3.05) is 26.2 Å². The lowest BCUT2D eigenvalue weighted by molar-refractivity contribution is 0.233. The zero-order chi connectivity index (χ0) is 13.4. The van der Waals surface area contributed by atoms with E-state index in [-0.39, 0.29) is 0 Å². The first-order valence-electron chi connectivity index (χ1n) is 7.14. The summed E-state index contributed by atoms with van der Waals surface area (Å²) >= 11 is 0. The summed E-state index contributed by atoms with van der Waals surface area (Å²) in [4.78, 5) is 2.53. The topological polar surface area (TPSA) is 20.2 Å². The minimum Gasteiger partial charge on any atom is -0.348 e. The van der Waals surface area contributed by atoms with Gasteiger partial charge in [-0.15, -0.1) is 0 Å². The number of aryl methyl sites for hydroxylation is 2. The van der Waals surface area contributed by atoms with Gasteiger partial charge in [0.25, 0.3) is 0 Å². The molecule has 0 amide bonds. The van der Waals surface area contributed by atoms with Crippen LogP contribution >= 0.6 is 0 Å². The molecule has 0 saturated carbocycles. The molecule has 3 rings (SSSR count). The fraction of sp³-hybridized carbons (Fsp3) is 0.500. The van der Waals surface area contributed by atoms with Crippen molar-refractivity contribution in [3.63, 3.8) is 0 Å².